The number of halogens is 3. The van der Waals surface area contributed by atoms with E-state index >= 15 is 0 Å². The molecule has 1 saturated carbocycles. The van der Waals surface area contributed by atoms with Gasteiger partial charge in [0.2, 0.25) is 5.91 Å². The number of hydrogen-bond acceptors (Lipinski definition) is 16. The van der Waals surface area contributed by atoms with Gasteiger partial charge in [-0.05, 0) is 12.0 Å². The van der Waals surface area contributed by atoms with E-state index in [0.717, 1.165) is 6.92 Å². The van der Waals surface area contributed by atoms with Crippen molar-refractivity contribution in [1.82, 2.24) is 16.0 Å². The summed E-state index contributed by atoms with van der Waals surface area (Å²) in [6.45, 7) is -0.424. The normalized spacial score (nSPS) is 38.2. The molecule has 1 aliphatic carbocycles. The second kappa shape index (κ2) is 17.7. The van der Waals surface area contributed by atoms with Gasteiger partial charge in [-0.25, -0.2) is 4.79 Å². The van der Waals surface area contributed by atoms with Gasteiger partial charge in [0, 0.05) is 19.5 Å². The molecule has 3 amide bonds. The van der Waals surface area contributed by atoms with Gasteiger partial charge in [-0.3, -0.25) is 9.59 Å². The number of benzene rings is 1. The highest BCUT2D eigenvalue weighted by Gasteiger charge is 2.54. The number of aliphatic hydroxyl groups is 7. The summed E-state index contributed by atoms with van der Waals surface area (Å²) in [6, 6.07) is 4.22. The average molecular weight is 757 g/mol. The van der Waals surface area contributed by atoms with Gasteiger partial charge in [0.1, 0.15) is 67.6 Å². The van der Waals surface area contributed by atoms with E-state index < -0.39 is 129 Å². The monoisotopic (exact) mass is 756 g/mol. The van der Waals surface area contributed by atoms with Crippen molar-refractivity contribution in [2.45, 2.75) is 118 Å². The Morgan fingerprint density at radius 1 is 0.846 bits per heavy atom. The molecule has 2 saturated heterocycles. The van der Waals surface area contributed by atoms with Gasteiger partial charge in [-0.2, -0.15) is 13.2 Å². The molecule has 2 heterocycles. The topological polar surface area (TPSA) is 301 Å². The lowest BCUT2D eigenvalue weighted by molar-refractivity contribution is -0.333. The van der Waals surface area contributed by atoms with Crippen LogP contribution >= 0.6 is 0 Å². The first-order valence-electron chi connectivity index (χ1n) is 16.1. The van der Waals surface area contributed by atoms with Crippen LogP contribution in [0.15, 0.2) is 30.3 Å². The highest BCUT2D eigenvalue weighted by Crippen LogP contribution is 2.32. The number of alkyl halides is 3. The Morgan fingerprint density at radius 3 is 2.08 bits per heavy atom. The lowest BCUT2D eigenvalue weighted by atomic mass is 9.83. The minimum absolute atomic E-state index is 0.0870. The summed E-state index contributed by atoms with van der Waals surface area (Å²) in [4.78, 5) is 36.0. The molecule has 3 fully saturated rings. The smallest absolute Gasteiger partial charge is 0.445 e. The number of rotatable bonds is 11. The minimum atomic E-state index is -5.41. The fourth-order valence-corrected chi connectivity index (χ4v) is 6.07. The Morgan fingerprint density at radius 2 is 1.46 bits per heavy atom. The summed E-state index contributed by atoms with van der Waals surface area (Å²) in [7, 11) is 0. The highest BCUT2D eigenvalue weighted by atomic mass is 19.4. The van der Waals surface area contributed by atoms with Crippen molar-refractivity contribution in [3.05, 3.63) is 35.9 Å². The van der Waals surface area contributed by atoms with E-state index in [1.54, 1.807) is 30.3 Å². The molecule has 52 heavy (non-hydrogen) atoms. The molecule has 0 aromatic heterocycles. The van der Waals surface area contributed by atoms with Crippen LogP contribution in [0.1, 0.15) is 18.9 Å². The zero-order valence-corrected chi connectivity index (χ0v) is 27.5. The van der Waals surface area contributed by atoms with Crippen molar-refractivity contribution >= 4 is 17.9 Å². The summed E-state index contributed by atoms with van der Waals surface area (Å²) >= 11 is 0. The predicted molar refractivity (Wildman–Crippen MR) is 163 cm³/mol. The second-order valence-electron chi connectivity index (χ2n) is 12.6. The van der Waals surface area contributed by atoms with Gasteiger partial charge in [-0.1, -0.05) is 30.3 Å². The first-order chi connectivity index (χ1) is 24.4. The molecule has 3 aliphatic rings. The lowest BCUT2D eigenvalue weighted by Gasteiger charge is -2.49. The van der Waals surface area contributed by atoms with Crippen LogP contribution in [0.3, 0.4) is 0 Å². The van der Waals surface area contributed by atoms with Gasteiger partial charge in [0.15, 0.2) is 12.6 Å². The Kier molecular flexibility index (Phi) is 14.1. The molecule has 294 valence electrons. The predicted octanol–water partition coefficient (Wildman–Crippen LogP) is -4.43. The lowest BCUT2D eigenvalue weighted by Crippen LogP contribution is -2.70. The van der Waals surface area contributed by atoms with Gasteiger partial charge in [-0.15, -0.1) is 0 Å². The number of carbonyl (C=O) groups is 3. The minimum Gasteiger partial charge on any atom is -0.445 e. The van der Waals surface area contributed by atoms with Crippen LogP contribution in [0.4, 0.5) is 18.0 Å². The third kappa shape index (κ3) is 10.0. The highest BCUT2D eigenvalue weighted by molar-refractivity contribution is 5.82. The molecule has 0 bridgehead atoms. The molecule has 0 radical (unpaired) electrons. The van der Waals surface area contributed by atoms with E-state index in [1.165, 1.54) is 5.32 Å². The molecule has 1 aromatic rings. The SMILES string of the molecule is CC(=O)NC1C[C@@H](N)[C@@H](O[C@H]2OC(CO)[C@@H](O)[C@@H](NC(=O)C(F)(F)F)C2O)C(O)[C@@H]1O[C@H]1OC(CNC(=O)OCc2ccccc2)[C@@H](O)[C@H](O)C1O. The molecular formula is C30H43F3N4O15. The van der Waals surface area contributed by atoms with Crippen molar-refractivity contribution in [3.63, 3.8) is 0 Å². The van der Waals surface area contributed by atoms with Gasteiger partial charge in [0.05, 0.1) is 18.7 Å². The van der Waals surface area contributed by atoms with E-state index in [-0.39, 0.29) is 13.0 Å². The fraction of sp³-hybridized carbons (Fsp3) is 0.700. The first-order valence-corrected chi connectivity index (χ1v) is 16.1. The first kappa shape index (κ1) is 41.5. The summed E-state index contributed by atoms with van der Waals surface area (Å²) in [5.41, 5.74) is 6.91. The van der Waals surface area contributed by atoms with Crippen LogP contribution in [0.2, 0.25) is 0 Å². The molecule has 12 N–H and O–H groups in total. The van der Waals surface area contributed by atoms with Gasteiger partial charge in [0.25, 0.3) is 0 Å². The third-order valence-corrected chi connectivity index (χ3v) is 8.76. The zero-order chi connectivity index (χ0) is 38.5. The Hall–Kier alpha value is -3.26. The molecule has 6 unspecified atom stereocenters. The average Bonchev–Trinajstić information content (AvgIpc) is 3.09. The molecule has 1 aromatic carbocycles. The summed E-state index contributed by atoms with van der Waals surface area (Å²) < 4.78 is 66.5. The Bertz CT molecular complexity index is 1350. The van der Waals surface area contributed by atoms with Crippen molar-refractivity contribution in [1.29, 1.82) is 0 Å². The second-order valence-corrected chi connectivity index (χ2v) is 12.6. The number of ether oxygens (including phenoxy) is 5. The van der Waals surface area contributed by atoms with Crippen LogP contribution in [0.5, 0.6) is 0 Å². The third-order valence-electron chi connectivity index (χ3n) is 8.76. The number of aliphatic hydroxyl groups excluding tert-OH is 7. The maximum absolute atomic E-state index is 13.0. The number of hydrogen-bond donors (Lipinski definition) is 11. The number of amides is 3. The van der Waals surface area contributed by atoms with Crippen molar-refractivity contribution in [3.8, 4) is 0 Å². The molecule has 19 nitrogen and oxygen atoms in total. The van der Waals surface area contributed by atoms with Crippen LogP contribution < -0.4 is 21.7 Å². The molecule has 0 spiro atoms. The molecule has 4 rings (SSSR count). The van der Waals surface area contributed by atoms with Crippen molar-refractivity contribution in [2.24, 2.45) is 5.73 Å². The van der Waals surface area contributed by atoms with Gasteiger partial charge >= 0.3 is 18.2 Å². The Labute approximate surface area is 293 Å². The number of nitrogens with two attached hydrogens (primary N) is 1. The van der Waals surface area contributed by atoms with E-state index in [4.69, 9.17) is 29.4 Å². The maximum atomic E-state index is 13.0. The number of carbonyl (C=O) groups excluding carboxylic acids is 3. The van der Waals surface area contributed by atoms with E-state index in [1.807, 2.05) is 0 Å². The standard InChI is InChI=1S/C30H43F3N4O15/c1-11(39)36-14-7-13(34)24(51-26-20(42)17(18(40)16(9-38)50-26)37-28(46)30(31,32)33)23(45)25(14)52-27-22(44)21(43)19(41)15(49-27)8-35-29(47)48-10-12-5-3-2-4-6-12/h2-6,13-27,38,40-45H,7-10,34H2,1H3,(H,35,47)(H,36,39)(H,37,46)/t13-,14?,15?,16?,17-,18-,19-,20?,21+,22?,23?,24-,25-,26-,27-/m1/s1. The largest absolute Gasteiger partial charge is 0.471 e. The molecule has 22 heteroatoms. The number of alkyl carbamates (subject to hydrolysis) is 1. The van der Waals surface area contributed by atoms with Crippen LogP contribution in [-0.4, -0.2) is 165 Å². The quantitative estimate of drug-likeness (QED) is 0.102. The number of nitrogens with one attached hydrogen (secondary N) is 3. The van der Waals surface area contributed by atoms with Crippen LogP contribution in [0, 0.1) is 0 Å². The molecule has 15 atom stereocenters. The van der Waals surface area contributed by atoms with E-state index in [9.17, 15) is 63.3 Å². The summed E-state index contributed by atoms with van der Waals surface area (Å²) in [5, 5.41) is 80.5. The molecular weight excluding hydrogens is 713 g/mol. The zero-order valence-electron chi connectivity index (χ0n) is 27.5. The maximum Gasteiger partial charge on any atom is 0.471 e. The van der Waals surface area contributed by atoms with Crippen LogP contribution in [0.25, 0.3) is 0 Å². The molecule has 2 aliphatic heterocycles. The summed E-state index contributed by atoms with van der Waals surface area (Å²) in [5.74, 6) is -3.15. The van der Waals surface area contributed by atoms with Crippen molar-refractivity contribution < 1.29 is 87.0 Å². The van der Waals surface area contributed by atoms with Gasteiger partial charge < -0.3 is 81.1 Å². The van der Waals surface area contributed by atoms with Crippen LogP contribution in [-0.2, 0) is 39.9 Å². The van der Waals surface area contributed by atoms with E-state index in [0.29, 0.717) is 5.56 Å². The van der Waals surface area contributed by atoms with E-state index in [2.05, 4.69) is 10.6 Å². The van der Waals surface area contributed by atoms with Crippen molar-refractivity contribution in [2.75, 3.05) is 13.2 Å². The fourth-order valence-electron chi connectivity index (χ4n) is 6.07. The Balaban J connectivity index is 1.48. The summed E-state index contributed by atoms with van der Waals surface area (Å²) in [6.07, 6.45) is -28.6.